The molecule has 0 bridgehead atoms. The number of rotatable bonds is 11. The topological polar surface area (TPSA) is 106 Å². The number of ether oxygens (including phenoxy) is 4. The van der Waals surface area contributed by atoms with E-state index >= 15 is 0 Å². The Morgan fingerprint density at radius 3 is 2.55 bits per heavy atom. The highest BCUT2D eigenvalue weighted by Gasteiger charge is 2.34. The SMILES string of the molecule is CC1(Cn2ncc3ccc(COc4cccc(C5CCN(Cc6nc7ccc(C(=O)OC(C)(C)C)cc7n6C[C@@H]6CCO6)CC5)n4)cc32)COC1. The van der Waals surface area contributed by atoms with Crippen LogP contribution in [0.4, 0.5) is 0 Å². The second-order valence-corrected chi connectivity index (χ2v) is 15.9. The highest BCUT2D eigenvalue weighted by Crippen LogP contribution is 2.32. The molecule has 2 aromatic carbocycles. The molecule has 0 saturated carbocycles. The van der Waals surface area contributed by atoms with Gasteiger partial charge in [0.25, 0.3) is 0 Å². The lowest BCUT2D eigenvalue weighted by Gasteiger charge is -2.37. The molecule has 3 saturated heterocycles. The molecule has 0 amide bonds. The number of fused-ring (bicyclic) bond motifs is 2. The Balaban J connectivity index is 0.905. The van der Waals surface area contributed by atoms with Crippen molar-refractivity contribution in [2.45, 2.75) is 90.8 Å². The number of aromatic nitrogens is 5. The zero-order chi connectivity index (χ0) is 35.2. The number of hydrogen-bond acceptors (Lipinski definition) is 9. The monoisotopic (exact) mass is 692 g/mol. The van der Waals surface area contributed by atoms with Crippen LogP contribution in [0, 0.1) is 5.41 Å². The van der Waals surface area contributed by atoms with Crippen molar-refractivity contribution >= 4 is 27.9 Å². The highest BCUT2D eigenvalue weighted by molar-refractivity contribution is 5.94. The van der Waals surface area contributed by atoms with Gasteiger partial charge in [0, 0.05) is 35.1 Å². The second kappa shape index (κ2) is 13.7. The molecule has 3 aliphatic heterocycles. The van der Waals surface area contributed by atoms with Gasteiger partial charge >= 0.3 is 5.97 Å². The Hall–Kier alpha value is -4.32. The first-order valence-electron chi connectivity index (χ1n) is 18.3. The summed E-state index contributed by atoms with van der Waals surface area (Å²) in [5, 5.41) is 5.77. The summed E-state index contributed by atoms with van der Waals surface area (Å²) in [6.07, 6.45) is 5.15. The summed E-state index contributed by atoms with van der Waals surface area (Å²) in [6, 6.07) is 18.2. The van der Waals surface area contributed by atoms with E-state index in [0.717, 1.165) is 111 Å². The minimum absolute atomic E-state index is 0.142. The van der Waals surface area contributed by atoms with Crippen LogP contribution in [-0.4, -0.2) is 79.8 Å². The van der Waals surface area contributed by atoms with E-state index in [1.165, 1.54) is 0 Å². The van der Waals surface area contributed by atoms with Crippen LogP contribution in [0.25, 0.3) is 21.9 Å². The van der Waals surface area contributed by atoms with Gasteiger partial charge in [-0.15, -0.1) is 0 Å². The maximum atomic E-state index is 12.9. The minimum Gasteiger partial charge on any atom is -0.473 e. The fourth-order valence-electron chi connectivity index (χ4n) is 7.31. The van der Waals surface area contributed by atoms with Crippen LogP contribution >= 0.6 is 0 Å². The fraction of sp³-hybridized carbons (Fsp3) is 0.500. The number of likely N-dealkylation sites (tertiary alicyclic amines) is 1. The zero-order valence-electron chi connectivity index (χ0n) is 30.1. The molecule has 1 atom stereocenters. The van der Waals surface area contributed by atoms with Gasteiger partial charge in [-0.3, -0.25) is 9.58 Å². The van der Waals surface area contributed by atoms with E-state index in [1.54, 1.807) is 0 Å². The van der Waals surface area contributed by atoms with Gasteiger partial charge in [0.05, 0.1) is 67.3 Å². The fourth-order valence-corrected chi connectivity index (χ4v) is 7.31. The second-order valence-electron chi connectivity index (χ2n) is 15.9. The molecule has 3 aromatic heterocycles. The quantitative estimate of drug-likeness (QED) is 0.143. The van der Waals surface area contributed by atoms with Crippen molar-refractivity contribution in [1.29, 1.82) is 0 Å². The molecule has 3 fully saturated rings. The number of imidazole rings is 1. The van der Waals surface area contributed by atoms with Crippen LogP contribution in [0.1, 0.15) is 80.3 Å². The van der Waals surface area contributed by atoms with E-state index in [1.807, 2.05) is 51.2 Å². The molecule has 0 spiro atoms. The lowest BCUT2D eigenvalue weighted by molar-refractivity contribution is -0.111. The predicted octanol–water partition coefficient (Wildman–Crippen LogP) is 6.52. The lowest BCUT2D eigenvalue weighted by Crippen LogP contribution is -2.43. The van der Waals surface area contributed by atoms with Crippen LogP contribution in [0.2, 0.25) is 0 Å². The average Bonchev–Trinajstić information content (AvgIpc) is 3.63. The number of piperidine rings is 1. The molecule has 3 aliphatic rings. The van der Waals surface area contributed by atoms with E-state index in [0.29, 0.717) is 24.0 Å². The third kappa shape index (κ3) is 7.52. The Labute approximate surface area is 298 Å². The number of carbonyl (C=O) groups is 1. The summed E-state index contributed by atoms with van der Waals surface area (Å²) < 4.78 is 27.5. The Bertz CT molecular complexity index is 2030. The van der Waals surface area contributed by atoms with Gasteiger partial charge in [-0.1, -0.05) is 25.1 Å². The molecule has 0 unspecified atom stereocenters. The van der Waals surface area contributed by atoms with Gasteiger partial charge in [0.15, 0.2) is 0 Å². The molecule has 11 nitrogen and oxygen atoms in total. The molecule has 268 valence electrons. The molecule has 5 aromatic rings. The number of carbonyl (C=O) groups excluding carboxylic acids is 1. The summed E-state index contributed by atoms with van der Waals surface area (Å²) in [6.45, 7) is 14.9. The van der Waals surface area contributed by atoms with Gasteiger partial charge in [-0.25, -0.2) is 14.8 Å². The molecular formula is C40H48N6O5. The minimum atomic E-state index is -0.557. The summed E-state index contributed by atoms with van der Waals surface area (Å²) in [7, 11) is 0. The van der Waals surface area contributed by atoms with E-state index in [2.05, 4.69) is 56.5 Å². The highest BCUT2D eigenvalue weighted by atomic mass is 16.6. The Kier molecular flexibility index (Phi) is 9.06. The lowest BCUT2D eigenvalue weighted by atomic mass is 9.89. The molecular weight excluding hydrogens is 644 g/mol. The molecule has 0 radical (unpaired) electrons. The van der Waals surface area contributed by atoms with Crippen LogP contribution < -0.4 is 4.74 Å². The van der Waals surface area contributed by atoms with E-state index in [4.69, 9.17) is 28.9 Å². The van der Waals surface area contributed by atoms with Crippen LogP contribution in [0.3, 0.4) is 0 Å². The van der Waals surface area contributed by atoms with Crippen LogP contribution in [0.15, 0.2) is 60.8 Å². The first kappa shape index (κ1) is 33.8. The van der Waals surface area contributed by atoms with Crippen molar-refractivity contribution in [2.75, 3.05) is 32.9 Å². The number of pyridine rings is 1. The van der Waals surface area contributed by atoms with Crippen molar-refractivity contribution in [3.05, 3.63) is 83.4 Å². The first-order chi connectivity index (χ1) is 24.6. The number of nitrogens with zero attached hydrogens (tertiary/aromatic N) is 6. The first-order valence-corrected chi connectivity index (χ1v) is 18.3. The third-order valence-corrected chi connectivity index (χ3v) is 10.3. The summed E-state index contributed by atoms with van der Waals surface area (Å²) in [4.78, 5) is 25.4. The summed E-state index contributed by atoms with van der Waals surface area (Å²) in [5.41, 5.74) is 5.25. The number of hydrogen-bond donors (Lipinski definition) is 0. The van der Waals surface area contributed by atoms with E-state index in [-0.39, 0.29) is 17.5 Å². The van der Waals surface area contributed by atoms with Crippen molar-refractivity contribution in [3.63, 3.8) is 0 Å². The van der Waals surface area contributed by atoms with Crippen molar-refractivity contribution in [1.82, 2.24) is 29.2 Å². The number of esters is 1. The van der Waals surface area contributed by atoms with Crippen molar-refractivity contribution in [2.24, 2.45) is 5.41 Å². The predicted molar refractivity (Wildman–Crippen MR) is 194 cm³/mol. The van der Waals surface area contributed by atoms with Gasteiger partial charge in [0.2, 0.25) is 5.88 Å². The molecule has 0 aliphatic carbocycles. The van der Waals surface area contributed by atoms with E-state index in [9.17, 15) is 4.79 Å². The molecule has 8 rings (SSSR count). The van der Waals surface area contributed by atoms with Gasteiger partial charge in [-0.2, -0.15) is 5.10 Å². The third-order valence-electron chi connectivity index (χ3n) is 10.3. The molecule has 6 heterocycles. The molecule has 0 N–H and O–H groups in total. The Morgan fingerprint density at radius 2 is 1.82 bits per heavy atom. The summed E-state index contributed by atoms with van der Waals surface area (Å²) in [5.74, 6) is 1.70. The average molecular weight is 693 g/mol. The molecule has 51 heavy (non-hydrogen) atoms. The molecule has 11 heteroatoms. The van der Waals surface area contributed by atoms with Crippen molar-refractivity contribution in [3.8, 4) is 5.88 Å². The number of benzene rings is 2. The van der Waals surface area contributed by atoms with Gasteiger partial charge in [-0.05, 0) is 89.0 Å². The smallest absolute Gasteiger partial charge is 0.338 e. The largest absolute Gasteiger partial charge is 0.473 e. The maximum Gasteiger partial charge on any atom is 0.338 e. The standard InChI is InChI=1S/C40H48N6O5/c1-39(2,3)51-38(47)29-10-11-33-35(19-29)45(21-31-14-17-49-31)36(42-33)22-44-15-12-28(13-16-44)32-6-5-7-37(43-32)50-23-27-8-9-30-20-41-46(34(30)18-27)24-40(4)25-48-26-40/h5-11,18-20,28,31H,12-17,21-26H2,1-4H3/t31-/m0/s1. The Morgan fingerprint density at radius 1 is 1.00 bits per heavy atom. The van der Waals surface area contributed by atoms with Crippen LogP contribution in [0.5, 0.6) is 5.88 Å². The van der Waals surface area contributed by atoms with Gasteiger partial charge in [0.1, 0.15) is 18.0 Å². The van der Waals surface area contributed by atoms with E-state index < -0.39 is 5.60 Å². The van der Waals surface area contributed by atoms with Crippen LogP contribution in [-0.2, 0) is 40.5 Å². The summed E-state index contributed by atoms with van der Waals surface area (Å²) >= 11 is 0. The normalized spacial score (nSPS) is 19.6. The van der Waals surface area contributed by atoms with Gasteiger partial charge < -0.3 is 23.5 Å². The van der Waals surface area contributed by atoms with Crippen molar-refractivity contribution < 1.29 is 23.7 Å². The maximum absolute atomic E-state index is 12.9. The zero-order valence-corrected chi connectivity index (χ0v) is 30.1.